The van der Waals surface area contributed by atoms with Crippen LogP contribution in [0, 0.1) is 10.1 Å². The molecule has 0 aromatic carbocycles. The molecule has 0 aliphatic rings. The van der Waals surface area contributed by atoms with Gasteiger partial charge in [0.25, 0.3) is 5.69 Å². The van der Waals surface area contributed by atoms with Gasteiger partial charge in [-0.2, -0.15) is 13.2 Å². The highest BCUT2D eigenvalue weighted by Crippen LogP contribution is 2.38. The monoisotopic (exact) mass is 284 g/mol. The summed E-state index contributed by atoms with van der Waals surface area (Å²) in [7, 11) is 0. The molecule has 1 aromatic rings. The fourth-order valence-electron chi connectivity index (χ4n) is 1.06. The Bertz CT molecular complexity index is 394. The van der Waals surface area contributed by atoms with Crippen molar-refractivity contribution in [3.63, 3.8) is 0 Å². The van der Waals surface area contributed by atoms with Gasteiger partial charge in [0.15, 0.2) is 5.56 Å². The molecule has 0 atom stereocenters. The Morgan fingerprint density at radius 2 is 2.13 bits per heavy atom. The van der Waals surface area contributed by atoms with Crippen LogP contribution in [0.3, 0.4) is 0 Å². The zero-order valence-electron chi connectivity index (χ0n) is 7.08. The molecule has 0 N–H and O–H groups in total. The predicted octanol–water partition coefficient (Wildman–Crippen LogP) is 2.90. The third kappa shape index (κ3) is 2.44. The Labute approximate surface area is 90.4 Å². The van der Waals surface area contributed by atoms with Crippen LogP contribution in [0.25, 0.3) is 0 Å². The number of alkyl halides is 4. The molecule has 0 amide bonds. The highest BCUT2D eigenvalue weighted by Gasteiger charge is 2.41. The summed E-state index contributed by atoms with van der Waals surface area (Å²) in [5.74, 6) is 0. The van der Waals surface area contributed by atoms with Crippen LogP contribution in [-0.4, -0.2) is 9.91 Å². The Morgan fingerprint density at radius 1 is 1.53 bits per heavy atom. The molecule has 1 rings (SSSR count). The maximum atomic E-state index is 12.5. The molecule has 0 spiro atoms. The van der Waals surface area contributed by atoms with Gasteiger partial charge in [-0.05, 0) is 0 Å². The number of halogens is 4. The van der Waals surface area contributed by atoms with Gasteiger partial charge >= 0.3 is 6.18 Å². The highest BCUT2D eigenvalue weighted by atomic mass is 79.9. The number of nitrogens with zero attached hydrogens (tertiary/aromatic N) is 2. The molecular formula is C7H4BrF3N2O2. The van der Waals surface area contributed by atoms with Gasteiger partial charge in [0.1, 0.15) is 0 Å². The average molecular weight is 285 g/mol. The Morgan fingerprint density at radius 3 is 2.53 bits per heavy atom. The van der Waals surface area contributed by atoms with Gasteiger partial charge in [-0.25, -0.2) is 0 Å². The minimum absolute atomic E-state index is 0.191. The maximum absolute atomic E-state index is 12.5. The highest BCUT2D eigenvalue weighted by molar-refractivity contribution is 9.08. The molecule has 0 aliphatic heterocycles. The van der Waals surface area contributed by atoms with Gasteiger partial charge in [0.05, 0.1) is 10.6 Å². The molecule has 0 fully saturated rings. The number of hydrogen-bond acceptors (Lipinski definition) is 3. The zero-order chi connectivity index (χ0) is 11.6. The first kappa shape index (κ1) is 11.9. The fraction of sp³-hybridized carbons (Fsp3) is 0.286. The van der Waals surface area contributed by atoms with Crippen molar-refractivity contribution in [3.05, 3.63) is 33.6 Å². The topological polar surface area (TPSA) is 56.0 Å². The van der Waals surface area contributed by atoms with Crippen LogP contribution in [0.2, 0.25) is 0 Å². The predicted molar refractivity (Wildman–Crippen MR) is 48.5 cm³/mol. The SMILES string of the molecule is O=[N+]([O-])c1ccnc(CBr)c1C(F)(F)F. The van der Waals surface area contributed by atoms with E-state index in [1.165, 1.54) is 0 Å². The maximum Gasteiger partial charge on any atom is 0.424 e. The molecular weight excluding hydrogens is 281 g/mol. The van der Waals surface area contributed by atoms with Crippen molar-refractivity contribution in [1.82, 2.24) is 4.98 Å². The largest absolute Gasteiger partial charge is 0.424 e. The van der Waals surface area contributed by atoms with Crippen LogP contribution in [-0.2, 0) is 11.5 Å². The van der Waals surface area contributed by atoms with Crippen molar-refractivity contribution >= 4 is 21.6 Å². The average Bonchev–Trinajstić information content (AvgIpc) is 2.15. The summed E-state index contributed by atoms with van der Waals surface area (Å²) in [5.41, 5.74) is -2.67. The van der Waals surface area contributed by atoms with Gasteiger partial charge in [-0.1, -0.05) is 15.9 Å². The minimum atomic E-state index is -4.78. The van der Waals surface area contributed by atoms with Crippen LogP contribution in [0.1, 0.15) is 11.3 Å². The van der Waals surface area contributed by atoms with E-state index in [0.717, 1.165) is 12.3 Å². The lowest BCUT2D eigenvalue weighted by Crippen LogP contribution is -2.13. The third-order valence-corrected chi connectivity index (χ3v) is 2.15. The molecule has 0 unspecified atom stereocenters. The van der Waals surface area contributed by atoms with Crippen molar-refractivity contribution < 1.29 is 18.1 Å². The van der Waals surface area contributed by atoms with Crippen molar-refractivity contribution in [1.29, 1.82) is 0 Å². The van der Waals surface area contributed by atoms with Gasteiger partial charge in [-0.15, -0.1) is 0 Å². The summed E-state index contributed by atoms with van der Waals surface area (Å²) in [6.45, 7) is 0. The third-order valence-electron chi connectivity index (χ3n) is 1.61. The van der Waals surface area contributed by atoms with Crippen LogP contribution in [0.5, 0.6) is 0 Å². The molecule has 4 nitrogen and oxygen atoms in total. The minimum Gasteiger partial charge on any atom is -0.259 e. The van der Waals surface area contributed by atoms with E-state index in [1.807, 2.05) is 0 Å². The molecule has 0 radical (unpaired) electrons. The van der Waals surface area contributed by atoms with Crippen LogP contribution >= 0.6 is 15.9 Å². The molecule has 0 bridgehead atoms. The van der Waals surface area contributed by atoms with Crippen LogP contribution in [0.15, 0.2) is 12.3 Å². The van der Waals surface area contributed by atoms with E-state index >= 15 is 0 Å². The fourth-order valence-corrected chi connectivity index (χ4v) is 1.48. The lowest BCUT2D eigenvalue weighted by Gasteiger charge is -2.09. The first-order chi connectivity index (χ1) is 6.88. The van der Waals surface area contributed by atoms with Crippen molar-refractivity contribution in [2.24, 2.45) is 0 Å². The van der Waals surface area contributed by atoms with Crippen LogP contribution in [0.4, 0.5) is 18.9 Å². The molecule has 8 heteroatoms. The smallest absolute Gasteiger partial charge is 0.259 e. The Balaban J connectivity index is 3.47. The molecule has 0 aliphatic carbocycles. The second-order valence-electron chi connectivity index (χ2n) is 2.54. The van der Waals surface area contributed by atoms with Crippen molar-refractivity contribution in [2.75, 3.05) is 0 Å². The van der Waals surface area contributed by atoms with Crippen molar-refractivity contribution in [3.8, 4) is 0 Å². The number of nitro groups is 1. The molecule has 15 heavy (non-hydrogen) atoms. The second kappa shape index (κ2) is 4.13. The second-order valence-corrected chi connectivity index (χ2v) is 3.10. The number of hydrogen-bond donors (Lipinski definition) is 0. The summed E-state index contributed by atoms with van der Waals surface area (Å²) in [6, 6.07) is 0.731. The summed E-state index contributed by atoms with van der Waals surface area (Å²) < 4.78 is 37.5. The molecule has 0 saturated carbocycles. The number of rotatable bonds is 2. The number of aromatic nitrogens is 1. The van der Waals surface area contributed by atoms with E-state index in [2.05, 4.69) is 20.9 Å². The van der Waals surface area contributed by atoms with Gasteiger partial charge in [-0.3, -0.25) is 15.1 Å². The van der Waals surface area contributed by atoms with Crippen molar-refractivity contribution in [2.45, 2.75) is 11.5 Å². The van der Waals surface area contributed by atoms with E-state index < -0.39 is 28.0 Å². The van der Waals surface area contributed by atoms with Crippen LogP contribution < -0.4 is 0 Å². The first-order valence-electron chi connectivity index (χ1n) is 3.63. The van der Waals surface area contributed by atoms with E-state index in [9.17, 15) is 23.3 Å². The normalized spacial score (nSPS) is 11.5. The zero-order valence-corrected chi connectivity index (χ0v) is 8.67. The molecule has 0 saturated heterocycles. The first-order valence-corrected chi connectivity index (χ1v) is 4.75. The summed E-state index contributed by atoms with van der Waals surface area (Å²) in [6.07, 6.45) is -3.80. The van der Waals surface area contributed by atoms with E-state index in [4.69, 9.17) is 0 Å². The lowest BCUT2D eigenvalue weighted by atomic mass is 10.1. The summed E-state index contributed by atoms with van der Waals surface area (Å²) >= 11 is 2.80. The Kier molecular flexibility index (Phi) is 3.28. The molecule has 1 heterocycles. The van der Waals surface area contributed by atoms with E-state index in [0.29, 0.717) is 0 Å². The standard InChI is InChI=1S/C7H4BrF3N2O2/c8-3-4-6(7(9,10)11)5(13(14)15)1-2-12-4/h1-2H,3H2. The summed E-state index contributed by atoms with van der Waals surface area (Å²) in [4.78, 5) is 12.8. The van der Waals surface area contributed by atoms with E-state index in [-0.39, 0.29) is 5.33 Å². The molecule has 82 valence electrons. The molecule has 1 aromatic heterocycles. The van der Waals surface area contributed by atoms with Gasteiger partial charge in [0, 0.05) is 17.6 Å². The summed E-state index contributed by atoms with van der Waals surface area (Å²) in [5, 5.41) is 10.2. The van der Waals surface area contributed by atoms with E-state index in [1.54, 1.807) is 0 Å². The lowest BCUT2D eigenvalue weighted by molar-refractivity contribution is -0.388. The quantitative estimate of drug-likeness (QED) is 0.477. The Hall–Kier alpha value is -1.18. The number of pyridine rings is 1. The van der Waals surface area contributed by atoms with Gasteiger partial charge in [0.2, 0.25) is 0 Å². The van der Waals surface area contributed by atoms with Gasteiger partial charge < -0.3 is 0 Å².